The number of fused-ring (bicyclic) bond motifs is 12. The number of hydrogen-bond acceptors (Lipinski definition) is 2. The molecule has 252 valence electrons. The monoisotopic (exact) mass is 671 g/mol. The number of nitrogens with zero attached hydrogens (tertiary/aromatic N) is 1. The second kappa shape index (κ2) is 10.1. The molecule has 4 aliphatic heterocycles. The first-order chi connectivity index (χ1) is 25.0. The van der Waals surface area contributed by atoms with Crippen LogP contribution in [0.5, 0.6) is 11.5 Å². The Morgan fingerprint density at radius 1 is 0.500 bits per heavy atom. The minimum Gasteiger partial charge on any atom is -0.458 e. The molecule has 0 radical (unpaired) electrons. The maximum atomic E-state index is 6.91. The van der Waals surface area contributed by atoms with E-state index in [4.69, 9.17) is 4.74 Å². The van der Waals surface area contributed by atoms with E-state index in [1.165, 1.54) is 99.9 Å². The van der Waals surface area contributed by atoms with Gasteiger partial charge >= 0.3 is 6.85 Å². The van der Waals surface area contributed by atoms with Crippen molar-refractivity contribution < 1.29 is 4.74 Å². The van der Waals surface area contributed by atoms with Gasteiger partial charge in [-0.25, -0.2) is 0 Å². The minimum absolute atomic E-state index is 0.0457. The van der Waals surface area contributed by atoms with Crippen LogP contribution in [0.4, 0.5) is 11.4 Å². The zero-order valence-electron chi connectivity index (χ0n) is 31.5. The van der Waals surface area contributed by atoms with Gasteiger partial charge in [-0.3, -0.25) is 0 Å². The normalized spacial score (nSPS) is 15.6. The Bertz CT molecular complexity index is 2590. The second-order valence-corrected chi connectivity index (χ2v) is 17.5. The average molecular weight is 672 g/mol. The molecule has 2 nitrogen and oxygen atoms in total. The third-order valence-corrected chi connectivity index (χ3v) is 13.2. The van der Waals surface area contributed by atoms with Gasteiger partial charge in [0.25, 0.3) is 6.71 Å². The van der Waals surface area contributed by atoms with E-state index in [9.17, 15) is 0 Å². The largest absolute Gasteiger partial charge is 0.458 e. The fourth-order valence-corrected chi connectivity index (χ4v) is 10.4. The first kappa shape index (κ1) is 30.7. The second-order valence-electron chi connectivity index (χ2n) is 17.5. The smallest absolute Gasteiger partial charge is 0.329 e. The summed E-state index contributed by atoms with van der Waals surface area (Å²) in [6, 6.07) is 38.2. The molecular formula is C48H43B2NO. The van der Waals surface area contributed by atoms with Crippen molar-refractivity contribution >= 4 is 52.2 Å². The first-order valence-electron chi connectivity index (χ1n) is 19.4. The van der Waals surface area contributed by atoms with Crippen LogP contribution in [0.3, 0.4) is 0 Å². The summed E-state index contributed by atoms with van der Waals surface area (Å²) in [5.41, 5.74) is 24.7. The van der Waals surface area contributed by atoms with E-state index in [-0.39, 0.29) is 19.0 Å². The zero-order chi connectivity index (χ0) is 35.5. The lowest BCUT2D eigenvalue weighted by Gasteiger charge is -2.50. The lowest BCUT2D eigenvalue weighted by atomic mass is 9.31. The molecule has 0 atom stereocenters. The van der Waals surface area contributed by atoms with Gasteiger partial charge < -0.3 is 9.55 Å². The van der Waals surface area contributed by atoms with Gasteiger partial charge in [0, 0.05) is 27.9 Å². The number of rotatable bonds is 3. The van der Waals surface area contributed by atoms with Gasteiger partial charge in [-0.15, -0.1) is 0 Å². The van der Waals surface area contributed by atoms with E-state index in [1.807, 2.05) is 0 Å². The van der Waals surface area contributed by atoms with E-state index >= 15 is 0 Å². The summed E-state index contributed by atoms with van der Waals surface area (Å²) < 4.78 is 6.91. The molecule has 0 N–H and O–H groups in total. The Morgan fingerprint density at radius 3 is 1.92 bits per heavy atom. The zero-order valence-corrected chi connectivity index (χ0v) is 31.5. The molecule has 52 heavy (non-hydrogen) atoms. The highest BCUT2D eigenvalue weighted by molar-refractivity contribution is 7.02. The molecule has 0 fully saturated rings. The Morgan fingerprint density at radius 2 is 1.15 bits per heavy atom. The molecular weight excluding hydrogens is 628 g/mol. The number of anilines is 2. The molecule has 6 aromatic rings. The van der Waals surface area contributed by atoms with Crippen LogP contribution in [0.25, 0.3) is 33.4 Å². The third-order valence-electron chi connectivity index (χ3n) is 13.2. The van der Waals surface area contributed by atoms with E-state index in [0.29, 0.717) is 17.8 Å². The summed E-state index contributed by atoms with van der Waals surface area (Å²) in [6.45, 7) is 18.9. The van der Waals surface area contributed by atoms with Crippen LogP contribution in [-0.2, 0) is 5.41 Å². The Hall–Kier alpha value is -4.95. The standard InChI is InChI=1S/C48H43B2NO/c1-25(2)28-13-15-32-33-16-18-44-45-47(33)51-46-36(19-30(27(5)6)22-42(46)49(45)41-21-29(26(3)4)14-17-43(41)52-44)35-23-38-34(24-40(35)50(51)39(32)20-28)31-11-9-10-12-37(31)48(38,7)8/h9-27H,1-8H3. The van der Waals surface area contributed by atoms with Crippen molar-refractivity contribution in [1.29, 1.82) is 0 Å². The van der Waals surface area contributed by atoms with Gasteiger partial charge in [-0.2, -0.15) is 0 Å². The molecule has 0 aromatic heterocycles. The maximum Gasteiger partial charge on any atom is 0.329 e. The Kier molecular flexibility index (Phi) is 5.97. The van der Waals surface area contributed by atoms with Crippen molar-refractivity contribution in [1.82, 2.24) is 0 Å². The van der Waals surface area contributed by atoms with Crippen LogP contribution in [0.1, 0.15) is 101 Å². The molecule has 1 aliphatic carbocycles. The molecule has 6 aromatic carbocycles. The van der Waals surface area contributed by atoms with Gasteiger partial charge in [0.05, 0.1) is 0 Å². The van der Waals surface area contributed by atoms with Crippen molar-refractivity contribution in [2.24, 2.45) is 0 Å². The van der Waals surface area contributed by atoms with E-state index in [1.54, 1.807) is 0 Å². The summed E-state index contributed by atoms with van der Waals surface area (Å²) in [7, 11) is 0. The third kappa shape index (κ3) is 3.73. The highest BCUT2D eigenvalue weighted by Crippen LogP contribution is 2.54. The SMILES string of the molecule is CC(C)c1ccc2c(c1)B1c3cc(C(C)C)cc4c3N3B(c5cc6c(cc5-4)C(C)(C)c4ccccc4-6)c4cc(C(C)C)ccc4-c4ccc(c1c43)O2. The van der Waals surface area contributed by atoms with Gasteiger partial charge in [-0.1, -0.05) is 128 Å². The van der Waals surface area contributed by atoms with Crippen LogP contribution < -0.4 is 36.9 Å². The van der Waals surface area contributed by atoms with Crippen LogP contribution in [0.15, 0.2) is 97.1 Å². The summed E-state index contributed by atoms with van der Waals surface area (Å²) in [6.07, 6.45) is 0. The van der Waals surface area contributed by atoms with Crippen LogP contribution in [-0.4, -0.2) is 13.6 Å². The van der Waals surface area contributed by atoms with E-state index < -0.39 is 0 Å². The molecule has 5 aliphatic rings. The predicted octanol–water partition coefficient (Wildman–Crippen LogP) is 9.20. The van der Waals surface area contributed by atoms with Crippen LogP contribution in [0, 0.1) is 0 Å². The molecule has 0 amide bonds. The maximum absolute atomic E-state index is 6.91. The summed E-state index contributed by atoms with van der Waals surface area (Å²) >= 11 is 0. The molecule has 0 bridgehead atoms. The van der Waals surface area contributed by atoms with Gasteiger partial charge in [0.2, 0.25) is 0 Å². The first-order valence-corrected chi connectivity index (χ1v) is 19.4. The summed E-state index contributed by atoms with van der Waals surface area (Å²) in [5, 5.41) is 0. The number of benzene rings is 6. The van der Waals surface area contributed by atoms with Gasteiger partial charge in [0.15, 0.2) is 0 Å². The molecule has 0 spiro atoms. The minimum atomic E-state index is -0.0787. The van der Waals surface area contributed by atoms with E-state index in [2.05, 4.69) is 157 Å². The van der Waals surface area contributed by atoms with Crippen molar-refractivity contribution in [3.63, 3.8) is 0 Å². The summed E-state index contributed by atoms with van der Waals surface area (Å²) in [5.74, 6) is 3.24. The molecule has 11 rings (SSSR count). The van der Waals surface area contributed by atoms with Gasteiger partial charge in [0.1, 0.15) is 11.5 Å². The fourth-order valence-electron chi connectivity index (χ4n) is 10.4. The van der Waals surface area contributed by atoms with Crippen molar-refractivity contribution in [2.75, 3.05) is 4.81 Å². The number of hydrogen-bond donors (Lipinski definition) is 0. The topological polar surface area (TPSA) is 12.5 Å². The lowest BCUT2D eigenvalue weighted by Crippen LogP contribution is -2.68. The number of ether oxygens (including phenoxy) is 1. The molecule has 0 saturated carbocycles. The average Bonchev–Trinajstić information content (AvgIpc) is 3.36. The van der Waals surface area contributed by atoms with Crippen LogP contribution in [0.2, 0.25) is 0 Å². The molecule has 4 heterocycles. The van der Waals surface area contributed by atoms with Crippen molar-refractivity contribution in [3.05, 3.63) is 125 Å². The molecule has 0 saturated heterocycles. The lowest BCUT2D eigenvalue weighted by molar-refractivity contribution is 0.487. The quantitative estimate of drug-likeness (QED) is 0.174. The Labute approximate surface area is 309 Å². The molecule has 4 heteroatoms. The summed E-state index contributed by atoms with van der Waals surface area (Å²) in [4.78, 5) is 2.76. The fraction of sp³-hybridized carbons (Fsp3) is 0.250. The predicted molar refractivity (Wildman–Crippen MR) is 222 cm³/mol. The van der Waals surface area contributed by atoms with Crippen LogP contribution >= 0.6 is 0 Å². The van der Waals surface area contributed by atoms with Crippen molar-refractivity contribution in [3.8, 4) is 44.9 Å². The highest BCUT2D eigenvalue weighted by atomic mass is 16.5. The van der Waals surface area contributed by atoms with Gasteiger partial charge in [-0.05, 0) is 119 Å². The highest BCUT2D eigenvalue weighted by Gasteiger charge is 2.52. The van der Waals surface area contributed by atoms with Crippen molar-refractivity contribution in [2.45, 2.75) is 78.6 Å². The molecule has 0 unspecified atom stereocenters. The van der Waals surface area contributed by atoms with E-state index in [0.717, 1.165) is 11.5 Å². The Balaban J connectivity index is 1.31.